The lowest BCUT2D eigenvalue weighted by molar-refractivity contribution is 0.540. The summed E-state index contributed by atoms with van der Waals surface area (Å²) in [5.74, 6) is 1.10. The first-order chi connectivity index (χ1) is 5.48. The largest absolute Gasteiger partial charge is 0.314 e. The normalized spacial score (nSPS) is 15.7. The van der Waals surface area contributed by atoms with Crippen LogP contribution in [-0.4, -0.2) is 16.5 Å². The summed E-state index contributed by atoms with van der Waals surface area (Å²) in [6.07, 6.45) is 1.83. The minimum Gasteiger partial charge on any atom is -0.314 e. The molecule has 70 valence electrons. The van der Waals surface area contributed by atoms with Crippen LogP contribution in [0.2, 0.25) is 0 Å². The first-order valence-corrected chi connectivity index (χ1v) is 5.34. The van der Waals surface area contributed by atoms with Crippen molar-refractivity contribution in [1.82, 2.24) is 0 Å². The Morgan fingerprint density at radius 2 is 2.17 bits per heavy atom. The molecule has 0 aliphatic rings. The smallest absolute Gasteiger partial charge is 0.101 e. The third kappa shape index (κ3) is 6.51. The molecule has 0 amide bonds. The van der Waals surface area contributed by atoms with Crippen LogP contribution >= 0.6 is 11.8 Å². The first-order valence-electron chi connectivity index (χ1n) is 4.29. The Hall–Kier alpha value is -0.200. The number of rotatable bonds is 5. The number of thioether (sulfide) groups is 1. The SMILES string of the molecule is CC(C)SCCCC(C)(N)C#N. The van der Waals surface area contributed by atoms with E-state index in [9.17, 15) is 0 Å². The summed E-state index contributed by atoms with van der Waals surface area (Å²) in [5.41, 5.74) is 5.04. The van der Waals surface area contributed by atoms with Crippen LogP contribution in [0, 0.1) is 11.3 Å². The minimum atomic E-state index is -0.627. The highest BCUT2D eigenvalue weighted by molar-refractivity contribution is 7.99. The van der Waals surface area contributed by atoms with Gasteiger partial charge >= 0.3 is 0 Å². The van der Waals surface area contributed by atoms with Crippen LogP contribution < -0.4 is 5.73 Å². The molecule has 0 aliphatic heterocycles. The zero-order valence-corrected chi connectivity index (χ0v) is 8.95. The van der Waals surface area contributed by atoms with Gasteiger partial charge in [-0.25, -0.2) is 0 Å². The fraction of sp³-hybridized carbons (Fsp3) is 0.889. The van der Waals surface area contributed by atoms with E-state index >= 15 is 0 Å². The monoisotopic (exact) mass is 186 g/mol. The number of nitrogens with two attached hydrogens (primary N) is 1. The van der Waals surface area contributed by atoms with Crippen molar-refractivity contribution in [3.8, 4) is 6.07 Å². The third-order valence-corrected chi connectivity index (χ3v) is 2.74. The second-order valence-corrected chi connectivity index (χ2v) is 5.24. The van der Waals surface area contributed by atoms with Gasteiger partial charge < -0.3 is 5.73 Å². The fourth-order valence-electron chi connectivity index (χ4n) is 0.814. The van der Waals surface area contributed by atoms with Crippen LogP contribution in [0.1, 0.15) is 33.6 Å². The second-order valence-electron chi connectivity index (χ2n) is 3.55. The molecule has 0 aromatic heterocycles. The third-order valence-electron chi connectivity index (χ3n) is 1.55. The molecule has 0 aromatic rings. The molecule has 2 N–H and O–H groups in total. The summed E-state index contributed by atoms with van der Waals surface area (Å²) < 4.78 is 0. The lowest BCUT2D eigenvalue weighted by Gasteiger charge is -2.14. The van der Waals surface area contributed by atoms with Gasteiger partial charge in [-0.1, -0.05) is 13.8 Å². The average molecular weight is 186 g/mol. The summed E-state index contributed by atoms with van der Waals surface area (Å²) >= 11 is 1.92. The number of nitrogens with zero attached hydrogens (tertiary/aromatic N) is 1. The van der Waals surface area contributed by atoms with Gasteiger partial charge in [0.05, 0.1) is 6.07 Å². The molecular formula is C9H18N2S. The summed E-state index contributed by atoms with van der Waals surface area (Å²) in [7, 11) is 0. The summed E-state index contributed by atoms with van der Waals surface area (Å²) in [6.45, 7) is 6.14. The Bertz CT molecular complexity index is 158. The van der Waals surface area contributed by atoms with E-state index < -0.39 is 5.54 Å². The number of nitriles is 1. The molecule has 0 spiro atoms. The quantitative estimate of drug-likeness (QED) is 0.669. The molecule has 0 saturated carbocycles. The standard InChI is InChI=1S/C9H18N2S/c1-8(2)12-6-4-5-9(3,11)7-10/h8H,4-6,11H2,1-3H3. The van der Waals surface area contributed by atoms with E-state index in [-0.39, 0.29) is 0 Å². The van der Waals surface area contributed by atoms with E-state index in [1.165, 1.54) is 0 Å². The molecule has 12 heavy (non-hydrogen) atoms. The lowest BCUT2D eigenvalue weighted by atomic mass is 10.0. The van der Waals surface area contributed by atoms with Gasteiger partial charge in [-0.2, -0.15) is 17.0 Å². The molecule has 1 unspecified atom stereocenters. The maximum Gasteiger partial charge on any atom is 0.101 e. The maximum atomic E-state index is 8.62. The highest BCUT2D eigenvalue weighted by Crippen LogP contribution is 2.14. The van der Waals surface area contributed by atoms with Crippen LogP contribution in [0.3, 0.4) is 0 Å². The molecule has 2 nitrogen and oxygen atoms in total. The van der Waals surface area contributed by atoms with E-state index in [2.05, 4.69) is 19.9 Å². The molecule has 0 rings (SSSR count). The van der Waals surface area contributed by atoms with Crippen molar-refractivity contribution in [3.63, 3.8) is 0 Å². The molecular weight excluding hydrogens is 168 g/mol. The molecule has 0 aliphatic carbocycles. The van der Waals surface area contributed by atoms with E-state index in [1.54, 1.807) is 6.92 Å². The van der Waals surface area contributed by atoms with Crippen molar-refractivity contribution in [2.24, 2.45) is 5.73 Å². The van der Waals surface area contributed by atoms with Gasteiger partial charge in [0.25, 0.3) is 0 Å². The van der Waals surface area contributed by atoms with E-state index in [0.29, 0.717) is 5.25 Å². The van der Waals surface area contributed by atoms with Gasteiger partial charge in [0, 0.05) is 0 Å². The Morgan fingerprint density at radius 3 is 2.58 bits per heavy atom. The van der Waals surface area contributed by atoms with Crippen LogP contribution in [-0.2, 0) is 0 Å². The van der Waals surface area contributed by atoms with E-state index in [4.69, 9.17) is 11.0 Å². The van der Waals surface area contributed by atoms with Crippen molar-refractivity contribution in [3.05, 3.63) is 0 Å². The first kappa shape index (κ1) is 11.8. The van der Waals surface area contributed by atoms with Gasteiger partial charge in [0.15, 0.2) is 0 Å². The Morgan fingerprint density at radius 1 is 1.58 bits per heavy atom. The van der Waals surface area contributed by atoms with Gasteiger partial charge in [0.1, 0.15) is 5.54 Å². The zero-order valence-electron chi connectivity index (χ0n) is 8.13. The van der Waals surface area contributed by atoms with Gasteiger partial charge in [-0.15, -0.1) is 0 Å². The van der Waals surface area contributed by atoms with Crippen LogP contribution in [0.4, 0.5) is 0 Å². The average Bonchev–Trinajstić information content (AvgIpc) is 1.98. The van der Waals surface area contributed by atoms with Crippen LogP contribution in [0.5, 0.6) is 0 Å². The minimum absolute atomic E-state index is 0.627. The number of hydrogen-bond acceptors (Lipinski definition) is 3. The Balaban J connectivity index is 3.39. The van der Waals surface area contributed by atoms with Crippen molar-refractivity contribution >= 4 is 11.8 Å². The van der Waals surface area contributed by atoms with Gasteiger partial charge in [-0.05, 0) is 30.8 Å². The zero-order chi connectivity index (χ0) is 9.61. The van der Waals surface area contributed by atoms with Crippen molar-refractivity contribution in [2.75, 3.05) is 5.75 Å². The Labute approximate surface area is 79.5 Å². The summed E-state index contributed by atoms with van der Waals surface area (Å²) in [6, 6.07) is 2.10. The molecule has 0 saturated heterocycles. The highest BCUT2D eigenvalue weighted by atomic mass is 32.2. The van der Waals surface area contributed by atoms with E-state index in [1.807, 2.05) is 11.8 Å². The predicted octanol–water partition coefficient (Wildman–Crippen LogP) is 2.15. The molecule has 0 radical (unpaired) electrons. The lowest BCUT2D eigenvalue weighted by Crippen LogP contribution is -2.33. The second kappa shape index (κ2) is 5.45. The van der Waals surface area contributed by atoms with Gasteiger partial charge in [0.2, 0.25) is 0 Å². The summed E-state index contributed by atoms with van der Waals surface area (Å²) in [4.78, 5) is 0. The highest BCUT2D eigenvalue weighted by Gasteiger charge is 2.15. The fourth-order valence-corrected chi connectivity index (χ4v) is 1.60. The van der Waals surface area contributed by atoms with E-state index in [0.717, 1.165) is 18.6 Å². The molecule has 1 atom stereocenters. The predicted molar refractivity (Wildman–Crippen MR) is 55.0 cm³/mol. The summed E-state index contributed by atoms with van der Waals surface area (Å²) in [5, 5.41) is 9.30. The van der Waals surface area contributed by atoms with Crippen LogP contribution in [0.25, 0.3) is 0 Å². The van der Waals surface area contributed by atoms with Crippen LogP contribution in [0.15, 0.2) is 0 Å². The molecule has 0 bridgehead atoms. The number of hydrogen-bond donors (Lipinski definition) is 1. The Kier molecular flexibility index (Phi) is 5.36. The topological polar surface area (TPSA) is 49.8 Å². The van der Waals surface area contributed by atoms with Crippen molar-refractivity contribution in [1.29, 1.82) is 5.26 Å². The molecule has 0 fully saturated rings. The molecule has 0 heterocycles. The molecule has 3 heteroatoms. The maximum absolute atomic E-state index is 8.62. The van der Waals surface area contributed by atoms with Gasteiger partial charge in [-0.3, -0.25) is 0 Å². The molecule has 0 aromatic carbocycles. The van der Waals surface area contributed by atoms with Crippen molar-refractivity contribution in [2.45, 2.75) is 44.4 Å². The van der Waals surface area contributed by atoms with Crippen molar-refractivity contribution < 1.29 is 0 Å².